The van der Waals surface area contributed by atoms with Crippen LogP contribution in [-0.2, 0) is 10.0 Å². The van der Waals surface area contributed by atoms with E-state index in [0.29, 0.717) is 11.4 Å². The van der Waals surface area contributed by atoms with E-state index in [4.69, 9.17) is 16.3 Å². The topological polar surface area (TPSA) is 46.6 Å². The van der Waals surface area contributed by atoms with Crippen LogP contribution in [0.1, 0.15) is 18.5 Å². The maximum Gasteiger partial charge on any atom is 0.264 e. The van der Waals surface area contributed by atoms with Crippen LogP contribution in [0.4, 0.5) is 10.1 Å². The van der Waals surface area contributed by atoms with Gasteiger partial charge in [-0.1, -0.05) is 48.0 Å². The molecule has 0 amide bonds. The number of hydrogen-bond acceptors (Lipinski definition) is 3. The number of ether oxygens (including phenoxy) is 1. The molecule has 7 heteroatoms. The number of anilines is 1. The Balaban J connectivity index is 2.18. The molecular weight excluding hydrogens is 401 g/mol. The SMILES string of the molecule is COc1cccc(N([C@@H](C)c2ccccc2)S(=O)(=O)c2ccc(F)c(Cl)c2)c1. The van der Waals surface area contributed by atoms with Gasteiger partial charge in [-0.2, -0.15) is 0 Å². The predicted octanol–water partition coefficient (Wildman–Crippen LogP) is 5.44. The van der Waals surface area contributed by atoms with Crippen molar-refractivity contribution < 1.29 is 17.5 Å². The third-order valence-corrected chi connectivity index (χ3v) is 6.57. The van der Waals surface area contributed by atoms with Crippen molar-refractivity contribution in [2.45, 2.75) is 17.9 Å². The molecule has 0 unspecified atom stereocenters. The summed E-state index contributed by atoms with van der Waals surface area (Å²) in [5.41, 5.74) is 1.23. The lowest BCUT2D eigenvalue weighted by Crippen LogP contribution is -2.33. The van der Waals surface area contributed by atoms with Crippen LogP contribution in [0.25, 0.3) is 0 Å². The van der Waals surface area contributed by atoms with E-state index in [2.05, 4.69) is 0 Å². The molecule has 0 aromatic heterocycles. The van der Waals surface area contributed by atoms with Gasteiger partial charge in [-0.05, 0) is 42.8 Å². The Morgan fingerprint density at radius 1 is 1.00 bits per heavy atom. The van der Waals surface area contributed by atoms with E-state index >= 15 is 0 Å². The molecule has 3 rings (SSSR count). The Labute approximate surface area is 169 Å². The summed E-state index contributed by atoms with van der Waals surface area (Å²) in [6.45, 7) is 1.79. The standard InChI is InChI=1S/C21H19ClFNO3S/c1-15(16-7-4-3-5-8-16)24(17-9-6-10-18(13-17)27-2)28(25,26)19-11-12-21(23)20(22)14-19/h3-15H,1-2H3/t15-/m0/s1. The number of hydrogen-bond donors (Lipinski definition) is 0. The van der Waals surface area contributed by atoms with Gasteiger partial charge >= 0.3 is 0 Å². The molecule has 0 saturated heterocycles. The summed E-state index contributed by atoms with van der Waals surface area (Å²) in [5, 5.41) is -0.251. The van der Waals surface area contributed by atoms with E-state index in [1.165, 1.54) is 17.5 Å². The second kappa shape index (κ2) is 8.20. The highest BCUT2D eigenvalue weighted by atomic mass is 35.5. The number of methoxy groups -OCH3 is 1. The van der Waals surface area contributed by atoms with E-state index in [1.807, 2.05) is 30.3 Å². The third kappa shape index (κ3) is 3.98. The van der Waals surface area contributed by atoms with E-state index in [1.54, 1.807) is 31.2 Å². The second-order valence-corrected chi connectivity index (χ2v) is 8.39. The van der Waals surface area contributed by atoms with Crippen molar-refractivity contribution >= 4 is 27.3 Å². The molecule has 0 heterocycles. The summed E-state index contributed by atoms with van der Waals surface area (Å²) < 4.78 is 47.1. The normalized spacial score (nSPS) is 12.4. The minimum absolute atomic E-state index is 0.0931. The van der Waals surface area contributed by atoms with Crippen molar-refractivity contribution in [3.05, 3.63) is 89.2 Å². The molecule has 146 valence electrons. The summed E-state index contributed by atoms with van der Waals surface area (Å²) in [5.74, 6) is -0.153. The second-order valence-electron chi connectivity index (χ2n) is 6.16. The van der Waals surface area contributed by atoms with Gasteiger partial charge in [0, 0.05) is 6.07 Å². The van der Waals surface area contributed by atoms with Crippen LogP contribution < -0.4 is 9.04 Å². The van der Waals surface area contributed by atoms with Crippen molar-refractivity contribution in [1.29, 1.82) is 0 Å². The van der Waals surface area contributed by atoms with Gasteiger partial charge in [0.1, 0.15) is 11.6 Å². The third-order valence-electron chi connectivity index (χ3n) is 4.39. The van der Waals surface area contributed by atoms with E-state index < -0.39 is 21.9 Å². The fourth-order valence-electron chi connectivity index (χ4n) is 2.94. The Hall–Kier alpha value is -2.57. The average Bonchev–Trinajstić information content (AvgIpc) is 2.70. The molecule has 0 aliphatic heterocycles. The van der Waals surface area contributed by atoms with Gasteiger partial charge in [-0.25, -0.2) is 12.8 Å². The van der Waals surface area contributed by atoms with E-state index in [0.717, 1.165) is 17.7 Å². The lowest BCUT2D eigenvalue weighted by atomic mass is 10.1. The molecule has 0 fully saturated rings. The summed E-state index contributed by atoms with van der Waals surface area (Å²) in [4.78, 5) is -0.0931. The monoisotopic (exact) mass is 419 g/mol. The molecule has 3 aromatic carbocycles. The minimum atomic E-state index is -4.04. The van der Waals surface area contributed by atoms with Crippen molar-refractivity contribution in [3.8, 4) is 5.75 Å². The maximum absolute atomic E-state index is 13.6. The van der Waals surface area contributed by atoms with Crippen LogP contribution in [0.2, 0.25) is 5.02 Å². The molecule has 0 radical (unpaired) electrons. The smallest absolute Gasteiger partial charge is 0.264 e. The van der Waals surface area contributed by atoms with Gasteiger partial charge < -0.3 is 4.74 Å². The van der Waals surface area contributed by atoms with E-state index in [9.17, 15) is 12.8 Å². The van der Waals surface area contributed by atoms with Crippen LogP contribution in [-0.4, -0.2) is 15.5 Å². The maximum atomic E-state index is 13.6. The number of sulfonamides is 1. The molecule has 0 aliphatic carbocycles. The Kier molecular flexibility index (Phi) is 5.91. The molecule has 0 bridgehead atoms. The van der Waals surface area contributed by atoms with Gasteiger partial charge in [0.15, 0.2) is 0 Å². The van der Waals surface area contributed by atoms with Gasteiger partial charge in [0.2, 0.25) is 0 Å². The molecule has 0 spiro atoms. The van der Waals surface area contributed by atoms with Crippen LogP contribution in [0.15, 0.2) is 77.7 Å². The Morgan fingerprint density at radius 3 is 2.36 bits per heavy atom. The number of halogens is 2. The van der Waals surface area contributed by atoms with Crippen molar-refractivity contribution in [1.82, 2.24) is 0 Å². The van der Waals surface area contributed by atoms with Crippen LogP contribution in [0.5, 0.6) is 5.75 Å². The van der Waals surface area contributed by atoms with E-state index in [-0.39, 0.29) is 9.92 Å². The molecular formula is C21H19ClFNO3S. The minimum Gasteiger partial charge on any atom is -0.497 e. The average molecular weight is 420 g/mol. The molecule has 3 aromatic rings. The fourth-order valence-corrected chi connectivity index (χ4v) is 4.84. The highest BCUT2D eigenvalue weighted by Gasteiger charge is 2.31. The molecule has 4 nitrogen and oxygen atoms in total. The van der Waals surface area contributed by atoms with Crippen LogP contribution >= 0.6 is 11.6 Å². The zero-order valence-electron chi connectivity index (χ0n) is 15.3. The Morgan fingerprint density at radius 2 is 1.71 bits per heavy atom. The molecule has 28 heavy (non-hydrogen) atoms. The van der Waals surface area contributed by atoms with Gasteiger partial charge in [0.05, 0.1) is 28.8 Å². The van der Waals surface area contributed by atoms with Gasteiger partial charge in [-0.15, -0.1) is 0 Å². The lowest BCUT2D eigenvalue weighted by Gasteiger charge is -2.31. The number of benzene rings is 3. The highest BCUT2D eigenvalue weighted by Crippen LogP contribution is 2.35. The zero-order valence-corrected chi connectivity index (χ0v) is 16.9. The summed E-state index contributed by atoms with van der Waals surface area (Å²) in [7, 11) is -2.53. The highest BCUT2D eigenvalue weighted by molar-refractivity contribution is 7.92. The van der Waals surface area contributed by atoms with Crippen LogP contribution in [0.3, 0.4) is 0 Å². The molecule has 0 aliphatic rings. The van der Waals surface area contributed by atoms with Crippen molar-refractivity contribution in [3.63, 3.8) is 0 Å². The van der Waals surface area contributed by atoms with Crippen molar-refractivity contribution in [2.24, 2.45) is 0 Å². The molecule has 1 atom stereocenters. The molecule has 0 N–H and O–H groups in total. The first-order valence-corrected chi connectivity index (χ1v) is 10.3. The quantitative estimate of drug-likeness (QED) is 0.534. The number of rotatable bonds is 6. The summed E-state index contributed by atoms with van der Waals surface area (Å²) in [6, 6.07) is 18.9. The fraction of sp³-hybridized carbons (Fsp3) is 0.143. The zero-order chi connectivity index (χ0) is 20.3. The predicted molar refractivity (Wildman–Crippen MR) is 109 cm³/mol. The molecule has 0 saturated carbocycles. The largest absolute Gasteiger partial charge is 0.497 e. The summed E-state index contributed by atoms with van der Waals surface area (Å²) >= 11 is 5.84. The first-order chi connectivity index (χ1) is 13.3. The summed E-state index contributed by atoms with van der Waals surface area (Å²) in [6.07, 6.45) is 0. The van der Waals surface area contributed by atoms with Crippen molar-refractivity contribution in [2.75, 3.05) is 11.4 Å². The Bertz CT molecular complexity index is 1070. The van der Waals surface area contributed by atoms with Gasteiger partial charge in [0.25, 0.3) is 10.0 Å². The first-order valence-electron chi connectivity index (χ1n) is 8.53. The lowest BCUT2D eigenvalue weighted by molar-refractivity contribution is 0.415. The first kappa shape index (κ1) is 20.2. The van der Waals surface area contributed by atoms with Gasteiger partial charge in [-0.3, -0.25) is 4.31 Å². The number of nitrogens with zero attached hydrogens (tertiary/aromatic N) is 1. The van der Waals surface area contributed by atoms with Crippen LogP contribution in [0, 0.1) is 5.82 Å².